The van der Waals surface area contributed by atoms with Gasteiger partial charge in [-0.05, 0) is 49.4 Å². The minimum Gasteiger partial charge on any atom is -0.308 e. The lowest BCUT2D eigenvalue weighted by molar-refractivity contribution is -0.137. The topological polar surface area (TPSA) is 72.7 Å². The number of hydrogen-bond donors (Lipinski definition) is 1. The second kappa shape index (κ2) is 8.92. The van der Waals surface area contributed by atoms with Crippen molar-refractivity contribution in [2.75, 3.05) is 0 Å². The smallest absolute Gasteiger partial charge is 0.308 e. The summed E-state index contributed by atoms with van der Waals surface area (Å²) < 4.78 is 40.5. The molecule has 1 N–H and O–H groups in total. The molecule has 3 heterocycles. The first kappa shape index (κ1) is 22.7. The Morgan fingerprint density at radius 2 is 2.06 bits per heavy atom. The minimum atomic E-state index is -4.42. The summed E-state index contributed by atoms with van der Waals surface area (Å²) >= 11 is 1.52. The number of rotatable bonds is 5. The zero-order valence-electron chi connectivity index (χ0n) is 18.4. The number of benzene rings is 1. The first-order chi connectivity index (χ1) is 16.3. The number of aromatic nitrogens is 4. The molecule has 0 radical (unpaired) electrons. The van der Waals surface area contributed by atoms with Crippen LogP contribution in [0.2, 0.25) is 0 Å². The van der Waals surface area contributed by atoms with Crippen molar-refractivity contribution < 1.29 is 13.2 Å². The van der Waals surface area contributed by atoms with E-state index >= 15 is 0 Å². The molecule has 6 nitrogen and oxygen atoms in total. The summed E-state index contributed by atoms with van der Waals surface area (Å²) in [6.45, 7) is 2.56. The Kier molecular flexibility index (Phi) is 5.95. The highest BCUT2D eigenvalue weighted by molar-refractivity contribution is 7.18. The van der Waals surface area contributed by atoms with Gasteiger partial charge in [0.25, 0.3) is 5.56 Å². The second-order valence-electron chi connectivity index (χ2n) is 8.53. The molecule has 0 fully saturated rings. The van der Waals surface area contributed by atoms with E-state index in [1.165, 1.54) is 28.3 Å². The first-order valence-electron chi connectivity index (χ1n) is 10.9. The molecular formula is C24H22F3N5OS. The van der Waals surface area contributed by atoms with E-state index in [1.807, 2.05) is 6.92 Å². The molecule has 1 aromatic carbocycles. The van der Waals surface area contributed by atoms with Gasteiger partial charge in [-0.25, -0.2) is 4.98 Å². The SMILES string of the molecule is Cc1cnc(CNC2CCc3c(sc4ncn(Cc5cccc(C(F)(F)F)c5)c(=O)c34)C2)cn1. The molecule has 0 aliphatic heterocycles. The highest BCUT2D eigenvalue weighted by atomic mass is 32.1. The molecule has 0 saturated carbocycles. The predicted octanol–water partition coefficient (Wildman–Crippen LogP) is 4.27. The third-order valence-corrected chi connectivity index (χ3v) is 7.21. The maximum atomic E-state index is 13.2. The van der Waals surface area contributed by atoms with Gasteiger partial charge in [0, 0.05) is 29.9 Å². The van der Waals surface area contributed by atoms with Crippen molar-refractivity contribution in [2.45, 2.75) is 51.5 Å². The number of thiophene rings is 1. The fourth-order valence-corrected chi connectivity index (χ4v) is 5.55. The normalized spacial score (nSPS) is 16.1. The Bertz CT molecular complexity index is 1390. The maximum Gasteiger partial charge on any atom is 0.416 e. The Labute approximate surface area is 197 Å². The van der Waals surface area contributed by atoms with Gasteiger partial charge in [0.05, 0.1) is 35.2 Å². The average molecular weight is 486 g/mol. The molecule has 1 unspecified atom stereocenters. The molecule has 10 heteroatoms. The molecule has 5 rings (SSSR count). The monoisotopic (exact) mass is 485 g/mol. The lowest BCUT2D eigenvalue weighted by Crippen LogP contribution is -2.34. The maximum absolute atomic E-state index is 13.2. The summed E-state index contributed by atoms with van der Waals surface area (Å²) in [5.74, 6) is 0. The molecule has 1 aliphatic carbocycles. The van der Waals surface area contributed by atoms with Gasteiger partial charge in [0.15, 0.2) is 0 Å². The third kappa shape index (κ3) is 4.60. The summed E-state index contributed by atoms with van der Waals surface area (Å²) in [7, 11) is 0. The Morgan fingerprint density at radius 3 is 2.82 bits per heavy atom. The van der Waals surface area contributed by atoms with Crippen LogP contribution in [0.5, 0.6) is 0 Å². The van der Waals surface area contributed by atoms with Crippen LogP contribution >= 0.6 is 11.3 Å². The fraction of sp³-hybridized carbons (Fsp3) is 0.333. The van der Waals surface area contributed by atoms with Crippen molar-refractivity contribution in [3.05, 3.63) is 86.3 Å². The lowest BCUT2D eigenvalue weighted by Gasteiger charge is -2.23. The Hall–Kier alpha value is -3.11. The van der Waals surface area contributed by atoms with Crippen molar-refractivity contribution in [1.29, 1.82) is 0 Å². The number of aryl methyl sites for hydroxylation is 2. The van der Waals surface area contributed by atoms with Crippen LogP contribution < -0.4 is 10.9 Å². The Balaban J connectivity index is 1.36. The number of hydrogen-bond acceptors (Lipinski definition) is 6. The molecule has 34 heavy (non-hydrogen) atoms. The van der Waals surface area contributed by atoms with E-state index in [0.717, 1.165) is 53.2 Å². The van der Waals surface area contributed by atoms with Gasteiger partial charge < -0.3 is 5.32 Å². The molecule has 4 aromatic rings. The highest BCUT2D eigenvalue weighted by Crippen LogP contribution is 2.34. The number of nitrogens with one attached hydrogen (secondary N) is 1. The molecule has 0 bridgehead atoms. The number of halogens is 3. The van der Waals surface area contributed by atoms with Gasteiger partial charge in [-0.3, -0.25) is 19.3 Å². The van der Waals surface area contributed by atoms with Gasteiger partial charge in [0.1, 0.15) is 4.83 Å². The van der Waals surface area contributed by atoms with Crippen LogP contribution in [0.3, 0.4) is 0 Å². The van der Waals surface area contributed by atoms with Gasteiger partial charge in [-0.15, -0.1) is 11.3 Å². The van der Waals surface area contributed by atoms with Gasteiger partial charge in [-0.1, -0.05) is 12.1 Å². The van der Waals surface area contributed by atoms with E-state index in [2.05, 4.69) is 20.3 Å². The number of fused-ring (bicyclic) bond motifs is 3. The van der Waals surface area contributed by atoms with Gasteiger partial charge in [-0.2, -0.15) is 13.2 Å². The summed E-state index contributed by atoms with van der Waals surface area (Å²) in [6, 6.07) is 5.31. The van der Waals surface area contributed by atoms with Crippen LogP contribution in [0, 0.1) is 6.92 Å². The van der Waals surface area contributed by atoms with Gasteiger partial charge in [0.2, 0.25) is 0 Å². The first-order valence-corrected chi connectivity index (χ1v) is 11.8. The predicted molar refractivity (Wildman–Crippen MR) is 124 cm³/mol. The van der Waals surface area contributed by atoms with E-state index < -0.39 is 11.7 Å². The highest BCUT2D eigenvalue weighted by Gasteiger charge is 2.30. The van der Waals surface area contributed by atoms with Crippen LogP contribution in [-0.2, 0) is 32.1 Å². The van der Waals surface area contributed by atoms with E-state index in [-0.39, 0.29) is 18.1 Å². The molecule has 1 atom stereocenters. The third-order valence-electron chi connectivity index (χ3n) is 6.05. The summed E-state index contributed by atoms with van der Waals surface area (Å²) in [5, 5.41) is 4.12. The average Bonchev–Trinajstić information content (AvgIpc) is 3.19. The van der Waals surface area contributed by atoms with E-state index in [0.29, 0.717) is 22.3 Å². The van der Waals surface area contributed by atoms with Crippen LogP contribution in [0.4, 0.5) is 13.2 Å². The molecule has 1 aliphatic rings. The Morgan fingerprint density at radius 1 is 1.21 bits per heavy atom. The van der Waals surface area contributed by atoms with Crippen molar-refractivity contribution in [2.24, 2.45) is 0 Å². The van der Waals surface area contributed by atoms with Crippen LogP contribution in [0.1, 0.15) is 39.4 Å². The standard InChI is InChI=1S/C24H22F3N5OS/c1-14-9-29-18(10-28-14)11-30-17-5-6-19-20(8-17)34-22-21(19)23(33)32(13-31-22)12-15-3-2-4-16(7-15)24(25,26)27/h2-4,7,9-10,13,17,30H,5-6,8,11-12H2,1H3. The fourth-order valence-electron chi connectivity index (χ4n) is 4.29. The van der Waals surface area contributed by atoms with E-state index in [9.17, 15) is 18.0 Å². The summed E-state index contributed by atoms with van der Waals surface area (Å²) in [5.41, 5.74) is 2.25. The van der Waals surface area contributed by atoms with Crippen molar-refractivity contribution in [1.82, 2.24) is 24.8 Å². The van der Waals surface area contributed by atoms with E-state index in [1.54, 1.807) is 18.5 Å². The molecule has 176 valence electrons. The van der Waals surface area contributed by atoms with Crippen molar-refractivity contribution >= 4 is 21.6 Å². The van der Waals surface area contributed by atoms with Crippen LogP contribution in [-0.4, -0.2) is 25.6 Å². The quantitative estimate of drug-likeness (QED) is 0.457. The lowest BCUT2D eigenvalue weighted by atomic mass is 9.93. The number of nitrogens with zero attached hydrogens (tertiary/aromatic N) is 4. The van der Waals surface area contributed by atoms with Gasteiger partial charge >= 0.3 is 6.18 Å². The van der Waals surface area contributed by atoms with Crippen LogP contribution in [0.25, 0.3) is 10.2 Å². The molecule has 3 aromatic heterocycles. The van der Waals surface area contributed by atoms with E-state index in [4.69, 9.17) is 0 Å². The zero-order chi connectivity index (χ0) is 23.9. The van der Waals surface area contributed by atoms with Crippen LogP contribution in [0.15, 0.2) is 47.8 Å². The molecule has 0 amide bonds. The summed E-state index contributed by atoms with van der Waals surface area (Å²) in [6.07, 6.45) is 2.94. The second-order valence-corrected chi connectivity index (χ2v) is 9.61. The molecular weight excluding hydrogens is 463 g/mol. The summed E-state index contributed by atoms with van der Waals surface area (Å²) in [4.78, 5) is 28.2. The van der Waals surface area contributed by atoms with Crippen molar-refractivity contribution in [3.8, 4) is 0 Å². The molecule has 0 spiro atoms. The molecule has 0 saturated heterocycles. The zero-order valence-corrected chi connectivity index (χ0v) is 19.2. The largest absolute Gasteiger partial charge is 0.416 e. The minimum absolute atomic E-state index is 0.0398. The number of alkyl halides is 3. The van der Waals surface area contributed by atoms with Crippen molar-refractivity contribution in [3.63, 3.8) is 0 Å².